The minimum absolute atomic E-state index is 0.0890. The van der Waals surface area contributed by atoms with Crippen molar-refractivity contribution in [2.45, 2.75) is 36.6 Å². The first-order valence-corrected chi connectivity index (χ1v) is 11.7. The van der Waals surface area contributed by atoms with Gasteiger partial charge in [-0.05, 0) is 74.2 Å². The van der Waals surface area contributed by atoms with Gasteiger partial charge in [-0.2, -0.15) is 0 Å². The van der Waals surface area contributed by atoms with Crippen molar-refractivity contribution < 1.29 is 13.2 Å². The van der Waals surface area contributed by atoms with E-state index in [0.29, 0.717) is 11.6 Å². The molecule has 2 aromatic carbocycles. The zero-order chi connectivity index (χ0) is 20.4. The van der Waals surface area contributed by atoms with Gasteiger partial charge in [0.1, 0.15) is 0 Å². The van der Waals surface area contributed by atoms with Crippen LogP contribution >= 0.6 is 0 Å². The fourth-order valence-corrected chi connectivity index (χ4v) is 4.88. The maximum absolute atomic E-state index is 13.1. The van der Waals surface area contributed by atoms with E-state index in [2.05, 4.69) is 4.90 Å². The molecule has 2 N–H and O–H groups in total. The molecule has 0 aliphatic carbocycles. The van der Waals surface area contributed by atoms with Gasteiger partial charge in [-0.3, -0.25) is 4.79 Å². The number of amides is 1. The Morgan fingerprint density at radius 3 is 2.07 bits per heavy atom. The Balaban J connectivity index is 1.46. The van der Waals surface area contributed by atoms with E-state index < -0.39 is 10.0 Å². The topological polar surface area (TPSA) is 83.7 Å². The number of hydrogen-bond donors (Lipinski definition) is 1. The SMILES string of the molecule is NS(=O)(=O)c1ccc(-c2ccc(C(=O)N3CCC[C@H]3CN3CCCC3)cc2)cc1. The average Bonchev–Trinajstić information content (AvgIpc) is 3.39. The Hall–Kier alpha value is -2.22. The van der Waals surface area contributed by atoms with E-state index in [1.807, 2.05) is 29.2 Å². The van der Waals surface area contributed by atoms with Gasteiger partial charge in [0, 0.05) is 24.7 Å². The molecule has 0 bridgehead atoms. The van der Waals surface area contributed by atoms with Crippen molar-refractivity contribution in [3.63, 3.8) is 0 Å². The first-order valence-electron chi connectivity index (χ1n) is 10.2. The summed E-state index contributed by atoms with van der Waals surface area (Å²) in [5.74, 6) is 0.0998. The van der Waals surface area contributed by atoms with Gasteiger partial charge in [-0.15, -0.1) is 0 Å². The van der Waals surface area contributed by atoms with E-state index in [0.717, 1.165) is 50.1 Å². The fourth-order valence-electron chi connectivity index (χ4n) is 4.36. The van der Waals surface area contributed by atoms with Crippen molar-refractivity contribution in [1.29, 1.82) is 0 Å². The predicted octanol–water partition coefficient (Wildman–Crippen LogP) is 2.70. The summed E-state index contributed by atoms with van der Waals surface area (Å²) in [6.45, 7) is 4.11. The van der Waals surface area contributed by atoms with Crippen molar-refractivity contribution in [2.24, 2.45) is 5.14 Å². The zero-order valence-electron chi connectivity index (χ0n) is 16.5. The first kappa shape index (κ1) is 20.1. The lowest BCUT2D eigenvalue weighted by Crippen LogP contribution is -2.42. The lowest BCUT2D eigenvalue weighted by Gasteiger charge is -2.28. The standard InChI is InChI=1S/C22H27N3O3S/c23-29(27,28)21-11-9-18(10-12-21)17-5-7-19(8-6-17)22(26)25-15-3-4-20(25)16-24-13-1-2-14-24/h5-12,20H,1-4,13-16H2,(H2,23,27,28)/t20-/m0/s1. The summed E-state index contributed by atoms with van der Waals surface area (Å²) in [4.78, 5) is 17.7. The molecule has 0 aromatic heterocycles. The van der Waals surface area contributed by atoms with Crippen LogP contribution in [0.3, 0.4) is 0 Å². The highest BCUT2D eigenvalue weighted by atomic mass is 32.2. The highest BCUT2D eigenvalue weighted by Crippen LogP contribution is 2.25. The molecule has 0 radical (unpaired) electrons. The molecule has 7 heteroatoms. The molecule has 2 saturated heterocycles. The molecule has 154 valence electrons. The van der Waals surface area contributed by atoms with Gasteiger partial charge in [0.25, 0.3) is 5.91 Å². The number of nitrogens with two attached hydrogens (primary N) is 1. The summed E-state index contributed by atoms with van der Waals surface area (Å²) in [5.41, 5.74) is 2.50. The Bertz CT molecular complexity index is 965. The summed E-state index contributed by atoms with van der Waals surface area (Å²) in [5, 5.41) is 5.15. The van der Waals surface area contributed by atoms with E-state index in [1.54, 1.807) is 12.1 Å². The first-order chi connectivity index (χ1) is 13.9. The van der Waals surface area contributed by atoms with Gasteiger partial charge >= 0.3 is 0 Å². The summed E-state index contributed by atoms with van der Waals surface area (Å²) in [7, 11) is -3.70. The molecule has 29 heavy (non-hydrogen) atoms. The van der Waals surface area contributed by atoms with Crippen molar-refractivity contribution in [3.8, 4) is 11.1 Å². The van der Waals surface area contributed by atoms with Gasteiger partial charge in [-0.25, -0.2) is 13.6 Å². The largest absolute Gasteiger partial charge is 0.334 e. The van der Waals surface area contributed by atoms with E-state index in [9.17, 15) is 13.2 Å². The molecule has 0 saturated carbocycles. The van der Waals surface area contributed by atoms with Crippen molar-refractivity contribution in [3.05, 3.63) is 54.1 Å². The minimum atomic E-state index is -3.70. The maximum atomic E-state index is 13.1. The van der Waals surface area contributed by atoms with Crippen LogP contribution in [0.1, 0.15) is 36.0 Å². The van der Waals surface area contributed by atoms with E-state index in [4.69, 9.17) is 5.14 Å². The quantitative estimate of drug-likeness (QED) is 0.817. The van der Waals surface area contributed by atoms with Crippen LogP contribution in [0.5, 0.6) is 0 Å². The second kappa shape index (κ2) is 8.26. The normalized spacial score (nSPS) is 20.3. The molecule has 2 aliphatic heterocycles. The number of carbonyl (C=O) groups excluding carboxylic acids is 1. The van der Waals surface area contributed by atoms with Crippen molar-refractivity contribution >= 4 is 15.9 Å². The van der Waals surface area contributed by atoms with Crippen molar-refractivity contribution in [2.75, 3.05) is 26.2 Å². The lowest BCUT2D eigenvalue weighted by molar-refractivity contribution is 0.0709. The second-order valence-corrected chi connectivity index (χ2v) is 9.51. The Morgan fingerprint density at radius 2 is 1.48 bits per heavy atom. The number of nitrogens with zero attached hydrogens (tertiary/aromatic N) is 2. The minimum Gasteiger partial charge on any atom is -0.334 e. The number of benzene rings is 2. The molecule has 6 nitrogen and oxygen atoms in total. The zero-order valence-corrected chi connectivity index (χ0v) is 17.3. The van der Waals surface area contributed by atoms with Crippen LogP contribution in [0, 0.1) is 0 Å². The fraction of sp³-hybridized carbons (Fsp3) is 0.409. The van der Waals surface area contributed by atoms with Gasteiger partial charge in [-0.1, -0.05) is 24.3 Å². The molecule has 2 fully saturated rings. The molecule has 1 atom stereocenters. The Kier molecular flexibility index (Phi) is 5.72. The summed E-state index contributed by atoms with van der Waals surface area (Å²) >= 11 is 0. The third kappa shape index (κ3) is 4.52. The highest BCUT2D eigenvalue weighted by Gasteiger charge is 2.31. The van der Waals surface area contributed by atoms with Gasteiger partial charge in [0.05, 0.1) is 4.90 Å². The maximum Gasteiger partial charge on any atom is 0.254 e. The third-order valence-corrected chi connectivity index (χ3v) is 6.88. The molecule has 2 aliphatic rings. The number of primary sulfonamides is 1. The number of carbonyl (C=O) groups is 1. The monoisotopic (exact) mass is 413 g/mol. The molecule has 4 rings (SSSR count). The molecule has 0 spiro atoms. The number of likely N-dealkylation sites (tertiary alicyclic amines) is 2. The Morgan fingerprint density at radius 1 is 0.897 bits per heavy atom. The third-order valence-electron chi connectivity index (χ3n) is 5.95. The summed E-state index contributed by atoms with van der Waals surface area (Å²) in [6, 6.07) is 14.3. The lowest BCUT2D eigenvalue weighted by atomic mass is 10.0. The molecule has 2 heterocycles. The average molecular weight is 414 g/mol. The van der Waals surface area contributed by atoms with Crippen LogP contribution in [0.2, 0.25) is 0 Å². The van der Waals surface area contributed by atoms with Crippen LogP contribution < -0.4 is 5.14 Å². The molecule has 1 amide bonds. The van der Waals surface area contributed by atoms with Gasteiger partial charge in [0.2, 0.25) is 10.0 Å². The van der Waals surface area contributed by atoms with Crippen LogP contribution in [0.15, 0.2) is 53.4 Å². The molecular formula is C22H27N3O3S. The summed E-state index contributed by atoms with van der Waals surface area (Å²) < 4.78 is 22.8. The summed E-state index contributed by atoms with van der Waals surface area (Å²) in [6.07, 6.45) is 4.68. The molecular weight excluding hydrogens is 386 g/mol. The number of hydrogen-bond acceptors (Lipinski definition) is 4. The second-order valence-electron chi connectivity index (χ2n) is 7.95. The highest BCUT2D eigenvalue weighted by molar-refractivity contribution is 7.89. The Labute approximate surface area is 172 Å². The predicted molar refractivity (Wildman–Crippen MR) is 113 cm³/mol. The van der Waals surface area contributed by atoms with Crippen LogP contribution in [-0.2, 0) is 10.0 Å². The number of rotatable bonds is 5. The van der Waals surface area contributed by atoms with Crippen LogP contribution in [0.4, 0.5) is 0 Å². The van der Waals surface area contributed by atoms with Crippen molar-refractivity contribution in [1.82, 2.24) is 9.80 Å². The van der Waals surface area contributed by atoms with E-state index in [1.165, 1.54) is 25.0 Å². The van der Waals surface area contributed by atoms with Crippen LogP contribution in [-0.4, -0.2) is 56.3 Å². The van der Waals surface area contributed by atoms with E-state index in [-0.39, 0.29) is 10.8 Å². The van der Waals surface area contributed by atoms with Crippen LogP contribution in [0.25, 0.3) is 11.1 Å². The smallest absolute Gasteiger partial charge is 0.254 e. The molecule has 2 aromatic rings. The van der Waals surface area contributed by atoms with Gasteiger partial charge in [0.15, 0.2) is 0 Å². The number of sulfonamides is 1. The molecule has 0 unspecified atom stereocenters. The van der Waals surface area contributed by atoms with E-state index >= 15 is 0 Å². The van der Waals surface area contributed by atoms with Gasteiger partial charge < -0.3 is 9.80 Å².